The molecule has 6 heteroatoms. The van der Waals surface area contributed by atoms with Crippen LogP contribution in [0, 0.1) is 0 Å². The third-order valence-corrected chi connectivity index (χ3v) is 4.37. The van der Waals surface area contributed by atoms with Crippen LogP contribution in [-0.2, 0) is 7.05 Å². The van der Waals surface area contributed by atoms with E-state index in [-0.39, 0.29) is 6.04 Å². The fraction of sp³-hybridized carbons (Fsp3) is 0.357. The van der Waals surface area contributed by atoms with Crippen LogP contribution in [0.2, 0.25) is 10.0 Å². The molecule has 108 valence electrons. The maximum absolute atomic E-state index is 6.36. The highest BCUT2D eigenvalue weighted by molar-refractivity contribution is 9.10. The quantitative estimate of drug-likeness (QED) is 0.827. The highest BCUT2D eigenvalue weighted by Gasteiger charge is 2.24. The van der Waals surface area contributed by atoms with Gasteiger partial charge in [-0.15, -0.1) is 0 Å². The van der Waals surface area contributed by atoms with Gasteiger partial charge in [0.25, 0.3) is 0 Å². The summed E-state index contributed by atoms with van der Waals surface area (Å²) in [5.74, 6) is 0. The number of hydrogen-bond donors (Lipinski definition) is 1. The SMILES string of the molecule is CCCNC(c1c(Cl)cccc1Cl)c1c(Br)cnn1C. The first-order valence-corrected chi connectivity index (χ1v) is 7.95. The Kier molecular flexibility index (Phi) is 5.49. The number of hydrogen-bond acceptors (Lipinski definition) is 2. The van der Waals surface area contributed by atoms with E-state index in [9.17, 15) is 0 Å². The molecule has 1 aromatic carbocycles. The van der Waals surface area contributed by atoms with E-state index < -0.39 is 0 Å². The number of nitrogens with one attached hydrogen (secondary N) is 1. The summed E-state index contributed by atoms with van der Waals surface area (Å²) < 4.78 is 2.77. The third-order valence-electron chi connectivity index (χ3n) is 3.10. The van der Waals surface area contributed by atoms with Crippen LogP contribution >= 0.6 is 39.1 Å². The Balaban J connectivity index is 2.53. The lowest BCUT2D eigenvalue weighted by Gasteiger charge is -2.22. The Hall–Kier alpha value is -0.550. The number of rotatable bonds is 5. The van der Waals surface area contributed by atoms with E-state index in [1.807, 2.05) is 29.9 Å². The minimum atomic E-state index is -0.0991. The largest absolute Gasteiger partial charge is 0.305 e. The lowest BCUT2D eigenvalue weighted by molar-refractivity contribution is 0.552. The number of nitrogens with zero attached hydrogens (tertiary/aromatic N) is 2. The number of aromatic nitrogens is 2. The van der Waals surface area contributed by atoms with Crippen LogP contribution in [0.15, 0.2) is 28.9 Å². The zero-order valence-corrected chi connectivity index (χ0v) is 14.4. The molecule has 0 spiro atoms. The second-order valence-corrected chi connectivity index (χ2v) is 6.19. The predicted molar refractivity (Wildman–Crippen MR) is 87.5 cm³/mol. The molecular weight excluding hydrogens is 361 g/mol. The van der Waals surface area contributed by atoms with Crippen molar-refractivity contribution in [1.82, 2.24) is 15.1 Å². The zero-order valence-electron chi connectivity index (χ0n) is 11.3. The van der Waals surface area contributed by atoms with E-state index >= 15 is 0 Å². The van der Waals surface area contributed by atoms with Crippen molar-refractivity contribution >= 4 is 39.1 Å². The van der Waals surface area contributed by atoms with Gasteiger partial charge < -0.3 is 5.32 Å². The molecule has 1 heterocycles. The molecule has 2 aromatic rings. The van der Waals surface area contributed by atoms with Crippen molar-refractivity contribution in [2.24, 2.45) is 7.05 Å². The van der Waals surface area contributed by atoms with E-state index in [1.54, 1.807) is 6.20 Å². The molecule has 0 amide bonds. The van der Waals surface area contributed by atoms with Crippen LogP contribution in [0.4, 0.5) is 0 Å². The fourth-order valence-corrected chi connectivity index (χ4v) is 3.35. The van der Waals surface area contributed by atoms with Crippen LogP contribution in [-0.4, -0.2) is 16.3 Å². The average molecular weight is 377 g/mol. The molecule has 0 aliphatic heterocycles. The van der Waals surface area contributed by atoms with Gasteiger partial charge in [0.1, 0.15) is 0 Å². The number of benzene rings is 1. The minimum Gasteiger partial charge on any atom is -0.305 e. The molecule has 20 heavy (non-hydrogen) atoms. The van der Waals surface area contributed by atoms with Gasteiger partial charge in [-0.3, -0.25) is 4.68 Å². The van der Waals surface area contributed by atoms with E-state index in [4.69, 9.17) is 23.2 Å². The van der Waals surface area contributed by atoms with Gasteiger partial charge in [-0.2, -0.15) is 5.10 Å². The summed E-state index contributed by atoms with van der Waals surface area (Å²) in [6.07, 6.45) is 2.80. The monoisotopic (exact) mass is 375 g/mol. The summed E-state index contributed by atoms with van der Waals surface area (Å²) in [6.45, 7) is 2.99. The molecule has 0 radical (unpaired) electrons. The van der Waals surface area contributed by atoms with E-state index in [1.165, 1.54) is 0 Å². The standard InChI is InChI=1S/C14H16BrCl2N3/c1-3-7-18-13(14-9(15)8-19-20(14)2)12-10(16)5-4-6-11(12)17/h4-6,8,13,18H,3,7H2,1-2H3. The smallest absolute Gasteiger partial charge is 0.0788 e. The van der Waals surface area contributed by atoms with Crippen molar-refractivity contribution in [3.05, 3.63) is 50.2 Å². The van der Waals surface area contributed by atoms with Crippen LogP contribution < -0.4 is 5.32 Å². The highest BCUT2D eigenvalue weighted by Crippen LogP contribution is 2.36. The Bertz CT molecular complexity index is 558. The topological polar surface area (TPSA) is 29.9 Å². The number of halogens is 3. The molecular formula is C14H16BrCl2N3. The summed E-state index contributed by atoms with van der Waals surface area (Å²) in [7, 11) is 1.91. The first-order chi connectivity index (χ1) is 9.56. The van der Waals surface area contributed by atoms with Crippen LogP contribution in [0.1, 0.15) is 30.6 Å². The molecule has 0 aliphatic carbocycles. The lowest BCUT2D eigenvalue weighted by Crippen LogP contribution is -2.26. The van der Waals surface area contributed by atoms with E-state index in [0.29, 0.717) is 10.0 Å². The molecule has 1 unspecified atom stereocenters. The fourth-order valence-electron chi connectivity index (χ4n) is 2.16. The van der Waals surface area contributed by atoms with Gasteiger partial charge in [-0.25, -0.2) is 0 Å². The van der Waals surface area contributed by atoms with E-state index in [0.717, 1.165) is 28.7 Å². The minimum absolute atomic E-state index is 0.0991. The highest BCUT2D eigenvalue weighted by atomic mass is 79.9. The van der Waals surface area contributed by atoms with Gasteiger partial charge in [-0.05, 0) is 41.0 Å². The zero-order chi connectivity index (χ0) is 14.7. The Morgan fingerprint density at radius 1 is 1.35 bits per heavy atom. The second-order valence-electron chi connectivity index (χ2n) is 4.52. The molecule has 0 saturated carbocycles. The van der Waals surface area contributed by atoms with Crippen molar-refractivity contribution in [3.8, 4) is 0 Å². The maximum Gasteiger partial charge on any atom is 0.0788 e. The molecule has 0 fully saturated rings. The molecule has 0 bridgehead atoms. The molecule has 3 nitrogen and oxygen atoms in total. The summed E-state index contributed by atoms with van der Waals surface area (Å²) in [5.41, 5.74) is 1.89. The van der Waals surface area contributed by atoms with Crippen molar-refractivity contribution in [3.63, 3.8) is 0 Å². The maximum atomic E-state index is 6.36. The van der Waals surface area contributed by atoms with Crippen LogP contribution in [0.3, 0.4) is 0 Å². The molecule has 1 atom stereocenters. The summed E-state index contributed by atoms with van der Waals surface area (Å²) in [4.78, 5) is 0. The first kappa shape index (κ1) is 15.8. The normalized spacial score (nSPS) is 12.7. The number of aryl methyl sites for hydroxylation is 1. The summed E-state index contributed by atoms with van der Waals surface area (Å²) in [6, 6.07) is 5.46. The van der Waals surface area contributed by atoms with E-state index in [2.05, 4.69) is 33.3 Å². The van der Waals surface area contributed by atoms with Gasteiger partial charge >= 0.3 is 0 Å². The first-order valence-electron chi connectivity index (χ1n) is 6.41. The van der Waals surface area contributed by atoms with Gasteiger partial charge in [0.15, 0.2) is 0 Å². The van der Waals surface area contributed by atoms with Crippen molar-refractivity contribution < 1.29 is 0 Å². The molecule has 2 rings (SSSR count). The van der Waals surface area contributed by atoms with Gasteiger partial charge in [0.2, 0.25) is 0 Å². The van der Waals surface area contributed by atoms with Crippen molar-refractivity contribution in [2.75, 3.05) is 6.54 Å². The molecule has 0 aliphatic rings. The lowest BCUT2D eigenvalue weighted by atomic mass is 10.0. The van der Waals surface area contributed by atoms with Crippen molar-refractivity contribution in [1.29, 1.82) is 0 Å². The third kappa shape index (κ3) is 3.19. The van der Waals surface area contributed by atoms with Crippen molar-refractivity contribution in [2.45, 2.75) is 19.4 Å². The molecule has 1 N–H and O–H groups in total. The van der Waals surface area contributed by atoms with Gasteiger partial charge in [0.05, 0.1) is 22.4 Å². The van der Waals surface area contributed by atoms with Gasteiger partial charge in [-0.1, -0.05) is 36.2 Å². The second kappa shape index (κ2) is 6.94. The Morgan fingerprint density at radius 3 is 2.50 bits per heavy atom. The average Bonchev–Trinajstić information content (AvgIpc) is 2.73. The van der Waals surface area contributed by atoms with Crippen LogP contribution in [0.5, 0.6) is 0 Å². The molecule has 0 saturated heterocycles. The Morgan fingerprint density at radius 2 is 2.00 bits per heavy atom. The molecule has 1 aromatic heterocycles. The Labute approximate surface area is 137 Å². The predicted octanol–water partition coefficient (Wildman–Crippen LogP) is 4.58. The van der Waals surface area contributed by atoms with Crippen LogP contribution in [0.25, 0.3) is 0 Å². The van der Waals surface area contributed by atoms with Gasteiger partial charge in [0, 0.05) is 22.7 Å². The summed E-state index contributed by atoms with van der Waals surface area (Å²) >= 11 is 16.3. The summed E-state index contributed by atoms with van der Waals surface area (Å²) in [5, 5.41) is 9.07.